The molecule has 6 nitrogen and oxygen atoms in total. The first-order chi connectivity index (χ1) is 14.6. The molecule has 3 heterocycles. The Bertz CT molecular complexity index is 1110. The molecule has 1 aliphatic carbocycles. The lowest BCUT2D eigenvalue weighted by Crippen LogP contribution is -2.31. The number of carbonyl (C=O) groups is 1. The van der Waals surface area contributed by atoms with Crippen LogP contribution in [0.15, 0.2) is 36.5 Å². The van der Waals surface area contributed by atoms with Crippen molar-refractivity contribution < 1.29 is 9.53 Å². The quantitative estimate of drug-likeness (QED) is 0.669. The molecule has 0 unspecified atom stereocenters. The van der Waals surface area contributed by atoms with Gasteiger partial charge in [-0.1, -0.05) is 13.0 Å². The highest BCUT2D eigenvalue weighted by atomic mass is 16.5. The topological polar surface area (TPSA) is 81.3 Å². The SMILES string of the molecule is CCCN(Cc1ccc(C2CC2)cn1)C(=O)c1ccc2nc(N)c3c(c2c1)COC3. The normalized spacial score (nSPS) is 15.4. The predicted octanol–water partition coefficient (Wildman–Crippen LogP) is 4.17. The van der Waals surface area contributed by atoms with Crippen LogP contribution in [0.5, 0.6) is 0 Å². The number of hydrogen-bond acceptors (Lipinski definition) is 5. The third-order valence-electron chi connectivity index (χ3n) is 6.01. The number of ether oxygens (including phenoxy) is 1. The van der Waals surface area contributed by atoms with Crippen molar-refractivity contribution >= 4 is 22.6 Å². The highest BCUT2D eigenvalue weighted by Gasteiger charge is 2.24. The zero-order chi connectivity index (χ0) is 20.7. The Morgan fingerprint density at radius 2 is 2.03 bits per heavy atom. The van der Waals surface area contributed by atoms with E-state index in [1.807, 2.05) is 29.3 Å². The summed E-state index contributed by atoms with van der Waals surface area (Å²) in [5.41, 5.74) is 11.7. The number of anilines is 1. The minimum atomic E-state index is 0.0105. The fourth-order valence-electron chi connectivity index (χ4n) is 4.19. The predicted molar refractivity (Wildman–Crippen MR) is 116 cm³/mol. The van der Waals surface area contributed by atoms with Crippen molar-refractivity contribution in [3.63, 3.8) is 0 Å². The molecule has 2 aliphatic rings. The molecule has 30 heavy (non-hydrogen) atoms. The molecule has 2 N–H and O–H groups in total. The van der Waals surface area contributed by atoms with Crippen LogP contribution in [-0.4, -0.2) is 27.3 Å². The summed E-state index contributed by atoms with van der Waals surface area (Å²) < 4.78 is 5.58. The summed E-state index contributed by atoms with van der Waals surface area (Å²) in [5, 5.41) is 0.950. The smallest absolute Gasteiger partial charge is 0.254 e. The monoisotopic (exact) mass is 402 g/mol. The molecule has 0 atom stereocenters. The Balaban J connectivity index is 1.43. The van der Waals surface area contributed by atoms with Crippen LogP contribution in [-0.2, 0) is 24.5 Å². The van der Waals surface area contributed by atoms with Gasteiger partial charge in [0.1, 0.15) is 5.82 Å². The van der Waals surface area contributed by atoms with Gasteiger partial charge in [-0.3, -0.25) is 9.78 Å². The van der Waals surface area contributed by atoms with Crippen molar-refractivity contribution in [2.45, 2.75) is 51.9 Å². The molecule has 0 radical (unpaired) electrons. The first-order valence-electron chi connectivity index (χ1n) is 10.7. The molecule has 1 amide bonds. The number of aromatic nitrogens is 2. The Labute approximate surface area is 176 Å². The van der Waals surface area contributed by atoms with Gasteiger partial charge in [0.05, 0.1) is 31.0 Å². The van der Waals surface area contributed by atoms with Crippen molar-refractivity contribution in [2.75, 3.05) is 12.3 Å². The molecule has 0 spiro atoms. The van der Waals surface area contributed by atoms with E-state index in [9.17, 15) is 4.79 Å². The van der Waals surface area contributed by atoms with Crippen molar-refractivity contribution in [3.05, 3.63) is 64.5 Å². The average Bonchev–Trinajstić information content (AvgIpc) is 3.49. The van der Waals surface area contributed by atoms with Gasteiger partial charge in [0.15, 0.2) is 0 Å². The van der Waals surface area contributed by atoms with E-state index in [1.165, 1.54) is 18.4 Å². The van der Waals surface area contributed by atoms with Crippen LogP contribution in [0.3, 0.4) is 0 Å². The zero-order valence-electron chi connectivity index (χ0n) is 17.2. The molecule has 1 aromatic carbocycles. The van der Waals surface area contributed by atoms with Gasteiger partial charge < -0.3 is 15.4 Å². The minimum absolute atomic E-state index is 0.0105. The molecular weight excluding hydrogens is 376 g/mol. The lowest BCUT2D eigenvalue weighted by Gasteiger charge is -2.22. The maximum Gasteiger partial charge on any atom is 0.254 e. The van der Waals surface area contributed by atoms with E-state index in [0.717, 1.165) is 34.1 Å². The second-order valence-corrected chi connectivity index (χ2v) is 8.26. The second-order valence-electron chi connectivity index (χ2n) is 8.26. The molecule has 1 fully saturated rings. The van der Waals surface area contributed by atoms with Crippen LogP contribution in [0.4, 0.5) is 5.82 Å². The lowest BCUT2D eigenvalue weighted by molar-refractivity contribution is 0.0741. The first-order valence-corrected chi connectivity index (χ1v) is 10.7. The number of benzene rings is 1. The molecule has 6 heteroatoms. The fourth-order valence-corrected chi connectivity index (χ4v) is 4.19. The van der Waals surface area contributed by atoms with Crippen LogP contribution in [0.2, 0.25) is 0 Å². The van der Waals surface area contributed by atoms with Crippen molar-refractivity contribution in [1.82, 2.24) is 14.9 Å². The number of hydrogen-bond donors (Lipinski definition) is 1. The van der Waals surface area contributed by atoms with Gasteiger partial charge >= 0.3 is 0 Å². The van der Waals surface area contributed by atoms with Crippen LogP contribution < -0.4 is 5.73 Å². The van der Waals surface area contributed by atoms with E-state index in [2.05, 4.69) is 29.0 Å². The summed E-state index contributed by atoms with van der Waals surface area (Å²) in [6.07, 6.45) is 5.38. The van der Waals surface area contributed by atoms with Gasteiger partial charge in [0.2, 0.25) is 0 Å². The molecule has 2 aromatic heterocycles. The van der Waals surface area contributed by atoms with E-state index in [1.54, 1.807) is 0 Å². The van der Waals surface area contributed by atoms with Gasteiger partial charge in [-0.2, -0.15) is 0 Å². The molecule has 0 saturated heterocycles. The Morgan fingerprint density at radius 3 is 2.77 bits per heavy atom. The van der Waals surface area contributed by atoms with Crippen LogP contribution >= 0.6 is 0 Å². The number of nitrogen functional groups attached to an aromatic ring is 1. The first kappa shape index (κ1) is 19.0. The van der Waals surface area contributed by atoms with Crippen LogP contribution in [0.1, 0.15) is 64.8 Å². The van der Waals surface area contributed by atoms with Crippen molar-refractivity contribution in [3.8, 4) is 0 Å². The summed E-state index contributed by atoms with van der Waals surface area (Å²) in [7, 11) is 0. The van der Waals surface area contributed by atoms with Gasteiger partial charge in [-0.15, -0.1) is 0 Å². The largest absolute Gasteiger partial charge is 0.383 e. The van der Waals surface area contributed by atoms with E-state index in [0.29, 0.717) is 43.6 Å². The highest BCUT2D eigenvalue weighted by molar-refractivity contribution is 5.99. The standard InChI is InChI=1S/C24H26N4O2/c1-2-9-28(12-18-7-5-17(11-26-18)15-3-4-15)24(29)16-6-8-22-19(10-16)20-13-30-14-21(20)23(25)27-22/h5-8,10-11,15H,2-4,9,12-14H2,1H3,(H2,25,27). The molecular formula is C24H26N4O2. The maximum atomic E-state index is 13.4. The lowest BCUT2D eigenvalue weighted by atomic mass is 10.0. The number of pyridine rings is 2. The number of amides is 1. The van der Waals surface area contributed by atoms with Gasteiger partial charge in [0.25, 0.3) is 5.91 Å². The van der Waals surface area contributed by atoms with Gasteiger partial charge in [-0.25, -0.2) is 4.98 Å². The van der Waals surface area contributed by atoms with Crippen molar-refractivity contribution in [1.29, 1.82) is 0 Å². The van der Waals surface area contributed by atoms with Gasteiger partial charge in [0, 0.05) is 29.3 Å². The maximum absolute atomic E-state index is 13.4. The molecule has 0 bridgehead atoms. The Hall–Kier alpha value is -2.99. The summed E-state index contributed by atoms with van der Waals surface area (Å²) in [6.45, 7) is 4.26. The van der Waals surface area contributed by atoms with Crippen LogP contribution in [0, 0.1) is 0 Å². The number of nitrogens with zero attached hydrogens (tertiary/aromatic N) is 3. The summed E-state index contributed by atoms with van der Waals surface area (Å²) in [5.74, 6) is 1.21. The van der Waals surface area contributed by atoms with E-state index < -0.39 is 0 Å². The van der Waals surface area contributed by atoms with E-state index >= 15 is 0 Å². The third-order valence-corrected chi connectivity index (χ3v) is 6.01. The average molecular weight is 402 g/mol. The van der Waals surface area contributed by atoms with Gasteiger partial charge in [-0.05, 0) is 60.6 Å². The number of carbonyl (C=O) groups excluding carboxylic acids is 1. The Kier molecular flexibility index (Phi) is 4.87. The van der Waals surface area contributed by atoms with E-state index in [-0.39, 0.29) is 5.91 Å². The molecule has 5 rings (SSSR count). The molecule has 1 saturated carbocycles. The second kappa shape index (κ2) is 7.69. The minimum Gasteiger partial charge on any atom is -0.383 e. The fraction of sp³-hybridized carbons (Fsp3) is 0.375. The summed E-state index contributed by atoms with van der Waals surface area (Å²) >= 11 is 0. The molecule has 3 aromatic rings. The summed E-state index contributed by atoms with van der Waals surface area (Å²) in [6, 6.07) is 9.87. The number of nitrogens with two attached hydrogens (primary N) is 1. The number of rotatable bonds is 6. The molecule has 1 aliphatic heterocycles. The van der Waals surface area contributed by atoms with Crippen LogP contribution in [0.25, 0.3) is 10.9 Å². The number of fused-ring (bicyclic) bond motifs is 3. The third kappa shape index (κ3) is 3.52. The highest BCUT2D eigenvalue weighted by Crippen LogP contribution is 2.39. The van der Waals surface area contributed by atoms with E-state index in [4.69, 9.17) is 10.5 Å². The summed E-state index contributed by atoms with van der Waals surface area (Å²) in [4.78, 5) is 24.3. The van der Waals surface area contributed by atoms with Crippen molar-refractivity contribution in [2.24, 2.45) is 0 Å². The Morgan fingerprint density at radius 1 is 1.20 bits per heavy atom. The molecule has 154 valence electrons. The zero-order valence-corrected chi connectivity index (χ0v) is 17.2.